The maximum atomic E-state index is 12.6. The number of aromatic amines is 2. The maximum absolute atomic E-state index is 12.6. The van der Waals surface area contributed by atoms with Crippen LogP contribution in [0, 0.1) is 5.92 Å². The molecule has 0 aliphatic carbocycles. The number of hydrogen-bond donors (Lipinski definition) is 3. The summed E-state index contributed by atoms with van der Waals surface area (Å²) in [7, 11) is 0. The number of hydrogen-bond acceptors (Lipinski definition) is 5. The molecule has 0 radical (unpaired) electrons. The lowest BCUT2D eigenvalue weighted by Crippen LogP contribution is -2.53. The fraction of sp³-hybridized carbons (Fsp3) is 0.389. The second-order valence-electron chi connectivity index (χ2n) is 6.99. The molecule has 1 aromatic carbocycles. The van der Waals surface area contributed by atoms with Gasteiger partial charge in [0.25, 0.3) is 5.56 Å². The van der Waals surface area contributed by atoms with Crippen LogP contribution >= 0.6 is 0 Å². The average Bonchev–Trinajstić information content (AvgIpc) is 3.07. The summed E-state index contributed by atoms with van der Waals surface area (Å²) in [6.07, 6.45) is 4.23. The van der Waals surface area contributed by atoms with Gasteiger partial charge in [0.2, 0.25) is 5.95 Å². The number of benzene rings is 1. The molecule has 0 unspecified atom stereocenters. The van der Waals surface area contributed by atoms with E-state index >= 15 is 0 Å². The summed E-state index contributed by atoms with van der Waals surface area (Å²) in [6.45, 7) is 3.38. The molecule has 5 heterocycles. The van der Waals surface area contributed by atoms with Crippen molar-refractivity contribution >= 4 is 16.9 Å². The van der Waals surface area contributed by atoms with Crippen molar-refractivity contribution in [3.8, 4) is 11.3 Å². The van der Waals surface area contributed by atoms with E-state index in [4.69, 9.17) is 0 Å². The highest BCUT2D eigenvalue weighted by Crippen LogP contribution is 2.29. The summed E-state index contributed by atoms with van der Waals surface area (Å²) in [6, 6.07) is 8.20. The van der Waals surface area contributed by atoms with E-state index in [1.807, 2.05) is 30.5 Å². The van der Waals surface area contributed by atoms with Crippen molar-refractivity contribution in [2.45, 2.75) is 18.9 Å². The molecular weight excluding hydrogens is 316 g/mol. The van der Waals surface area contributed by atoms with Gasteiger partial charge in [0, 0.05) is 35.2 Å². The molecule has 7 heteroatoms. The molecule has 7 nitrogen and oxygen atoms in total. The second-order valence-corrected chi connectivity index (χ2v) is 6.99. The van der Waals surface area contributed by atoms with Gasteiger partial charge in [0.15, 0.2) is 5.69 Å². The monoisotopic (exact) mass is 336 g/mol. The van der Waals surface area contributed by atoms with Crippen molar-refractivity contribution in [3.05, 3.63) is 40.8 Å². The van der Waals surface area contributed by atoms with Crippen LogP contribution in [0.25, 0.3) is 22.2 Å². The Bertz CT molecular complexity index is 969. The van der Waals surface area contributed by atoms with Gasteiger partial charge in [-0.05, 0) is 37.9 Å². The van der Waals surface area contributed by atoms with Gasteiger partial charge in [-0.3, -0.25) is 9.78 Å². The zero-order valence-electron chi connectivity index (χ0n) is 13.8. The number of nitrogens with zero attached hydrogens (tertiary/aromatic N) is 3. The molecule has 2 aromatic heterocycles. The number of para-hydroxylation sites is 1. The maximum Gasteiger partial charge on any atom is 0.279 e. The zero-order chi connectivity index (χ0) is 16.8. The number of rotatable bonds is 3. The van der Waals surface area contributed by atoms with Crippen molar-refractivity contribution in [2.75, 3.05) is 25.0 Å². The van der Waals surface area contributed by atoms with Crippen LogP contribution in [0.1, 0.15) is 12.8 Å². The van der Waals surface area contributed by atoms with Gasteiger partial charge in [-0.2, -0.15) is 0 Å². The highest BCUT2D eigenvalue weighted by Gasteiger charge is 2.34. The summed E-state index contributed by atoms with van der Waals surface area (Å²) in [4.78, 5) is 21.1. The van der Waals surface area contributed by atoms with E-state index in [0.717, 1.165) is 23.0 Å². The normalized spacial score (nSPS) is 25.4. The van der Waals surface area contributed by atoms with Crippen LogP contribution in [-0.4, -0.2) is 50.7 Å². The molecule has 3 N–H and O–H groups in total. The molecule has 3 aliphatic heterocycles. The van der Waals surface area contributed by atoms with Crippen LogP contribution in [0.15, 0.2) is 35.3 Å². The zero-order valence-corrected chi connectivity index (χ0v) is 13.8. The minimum atomic E-state index is -0.219. The summed E-state index contributed by atoms with van der Waals surface area (Å²) in [5, 5.41) is 12.8. The third-order valence-electron chi connectivity index (χ3n) is 5.52. The van der Waals surface area contributed by atoms with E-state index in [-0.39, 0.29) is 5.56 Å². The molecule has 25 heavy (non-hydrogen) atoms. The number of anilines is 1. The Labute approximate surface area is 144 Å². The van der Waals surface area contributed by atoms with E-state index in [1.54, 1.807) is 0 Å². The summed E-state index contributed by atoms with van der Waals surface area (Å²) in [5.74, 6) is 1.12. The van der Waals surface area contributed by atoms with Crippen LogP contribution in [0.5, 0.6) is 0 Å². The van der Waals surface area contributed by atoms with Crippen LogP contribution in [0.3, 0.4) is 0 Å². The van der Waals surface area contributed by atoms with E-state index in [1.165, 1.54) is 25.9 Å². The Kier molecular flexibility index (Phi) is 3.34. The number of fused-ring (bicyclic) bond motifs is 4. The molecule has 3 aromatic rings. The van der Waals surface area contributed by atoms with Gasteiger partial charge in [-0.25, -0.2) is 0 Å². The van der Waals surface area contributed by atoms with Crippen LogP contribution < -0.4 is 10.9 Å². The molecule has 6 rings (SSSR count). The van der Waals surface area contributed by atoms with E-state index in [0.29, 0.717) is 23.6 Å². The van der Waals surface area contributed by atoms with Gasteiger partial charge < -0.3 is 15.2 Å². The fourth-order valence-electron chi connectivity index (χ4n) is 4.15. The first-order chi connectivity index (χ1) is 12.3. The van der Waals surface area contributed by atoms with Crippen molar-refractivity contribution < 1.29 is 0 Å². The Morgan fingerprint density at radius 1 is 1.16 bits per heavy atom. The predicted molar refractivity (Wildman–Crippen MR) is 96.5 cm³/mol. The Morgan fingerprint density at radius 3 is 2.76 bits per heavy atom. The van der Waals surface area contributed by atoms with Gasteiger partial charge in [0.05, 0.1) is 0 Å². The fourth-order valence-corrected chi connectivity index (χ4v) is 4.15. The minimum Gasteiger partial charge on any atom is -0.360 e. The quantitative estimate of drug-likeness (QED) is 0.679. The molecule has 3 saturated heterocycles. The van der Waals surface area contributed by atoms with Crippen LogP contribution in [0.4, 0.5) is 5.95 Å². The minimum absolute atomic E-state index is 0.219. The first-order valence-corrected chi connectivity index (χ1v) is 8.80. The third kappa shape index (κ3) is 2.51. The summed E-state index contributed by atoms with van der Waals surface area (Å²) >= 11 is 0. The second kappa shape index (κ2) is 5.70. The van der Waals surface area contributed by atoms with Crippen LogP contribution in [0.2, 0.25) is 0 Å². The van der Waals surface area contributed by atoms with E-state index in [2.05, 4.69) is 30.4 Å². The molecule has 3 aliphatic rings. The number of aromatic nitrogens is 4. The number of piperidine rings is 3. The highest BCUT2D eigenvalue weighted by atomic mass is 16.1. The van der Waals surface area contributed by atoms with Gasteiger partial charge >= 0.3 is 0 Å². The Hall–Kier alpha value is -2.67. The highest BCUT2D eigenvalue weighted by molar-refractivity contribution is 5.94. The summed E-state index contributed by atoms with van der Waals surface area (Å²) in [5.41, 5.74) is 1.88. The SMILES string of the molecule is O=c1[nH]c(N[C@H]2CN3CCC2CC3)nnc1-c1c[nH]c2ccccc12. The lowest BCUT2D eigenvalue weighted by atomic mass is 9.84. The molecule has 128 valence electrons. The van der Waals surface area contributed by atoms with Gasteiger partial charge in [-0.15, -0.1) is 10.2 Å². The molecule has 0 saturated carbocycles. The largest absolute Gasteiger partial charge is 0.360 e. The van der Waals surface area contributed by atoms with Crippen LogP contribution in [-0.2, 0) is 0 Å². The van der Waals surface area contributed by atoms with Crippen molar-refractivity contribution in [2.24, 2.45) is 5.92 Å². The lowest BCUT2D eigenvalue weighted by molar-refractivity contribution is 0.0971. The smallest absolute Gasteiger partial charge is 0.279 e. The van der Waals surface area contributed by atoms with Crippen molar-refractivity contribution in [3.63, 3.8) is 0 Å². The van der Waals surface area contributed by atoms with E-state index < -0.39 is 0 Å². The molecule has 3 fully saturated rings. The Morgan fingerprint density at radius 2 is 2.00 bits per heavy atom. The van der Waals surface area contributed by atoms with Gasteiger partial charge in [-0.1, -0.05) is 18.2 Å². The first-order valence-electron chi connectivity index (χ1n) is 8.80. The molecule has 1 atom stereocenters. The molecule has 2 bridgehead atoms. The Balaban J connectivity index is 1.44. The third-order valence-corrected chi connectivity index (χ3v) is 5.52. The predicted octanol–water partition coefficient (Wildman–Crippen LogP) is 1.82. The summed E-state index contributed by atoms with van der Waals surface area (Å²) < 4.78 is 0. The molecule has 0 spiro atoms. The average molecular weight is 336 g/mol. The number of H-pyrrole nitrogens is 2. The van der Waals surface area contributed by atoms with Crippen molar-refractivity contribution in [1.29, 1.82) is 0 Å². The number of nitrogens with one attached hydrogen (secondary N) is 3. The van der Waals surface area contributed by atoms with Gasteiger partial charge in [0.1, 0.15) is 0 Å². The van der Waals surface area contributed by atoms with E-state index in [9.17, 15) is 4.79 Å². The first kappa shape index (κ1) is 14.7. The molecule has 0 amide bonds. The lowest BCUT2D eigenvalue weighted by Gasteiger charge is -2.44. The topological polar surface area (TPSA) is 89.7 Å². The molecular formula is C18H20N6O. The van der Waals surface area contributed by atoms with Crippen molar-refractivity contribution in [1.82, 2.24) is 25.1 Å². The standard InChI is InChI=1S/C18H20N6O/c25-17-16(13-9-19-14-4-2-1-3-12(13)14)22-23-18(21-17)20-15-10-24-7-5-11(15)6-8-24/h1-4,9,11,15,19H,5-8,10H2,(H2,20,21,23,25)/t15-/m0/s1.